The van der Waals surface area contributed by atoms with Crippen LogP contribution < -0.4 is 10.9 Å². The number of fused-ring (bicyclic) bond motifs is 1. The summed E-state index contributed by atoms with van der Waals surface area (Å²) in [5.74, 6) is -0.388. The second-order valence-electron chi connectivity index (χ2n) is 6.86. The number of benzene rings is 3. The van der Waals surface area contributed by atoms with Crippen molar-refractivity contribution in [3.8, 4) is 5.69 Å². The maximum Gasteiger partial charge on any atom is 0.417 e. The van der Waals surface area contributed by atoms with Gasteiger partial charge >= 0.3 is 6.18 Å². The van der Waals surface area contributed by atoms with Crippen LogP contribution in [-0.4, -0.2) is 15.5 Å². The molecule has 3 aromatic carbocycles. The molecule has 31 heavy (non-hydrogen) atoms. The third-order valence-electron chi connectivity index (χ3n) is 4.80. The summed E-state index contributed by atoms with van der Waals surface area (Å²) in [4.78, 5) is 29.7. The monoisotopic (exact) mass is 423 g/mol. The maximum atomic E-state index is 13.2. The van der Waals surface area contributed by atoms with Crippen molar-refractivity contribution in [2.24, 2.45) is 0 Å². The molecule has 0 unspecified atom stereocenters. The fourth-order valence-corrected chi connectivity index (χ4v) is 3.37. The number of aryl methyl sites for hydroxylation is 1. The van der Waals surface area contributed by atoms with Gasteiger partial charge in [-0.15, -0.1) is 0 Å². The van der Waals surface area contributed by atoms with E-state index in [4.69, 9.17) is 0 Å². The van der Waals surface area contributed by atoms with Crippen molar-refractivity contribution in [3.05, 3.63) is 100 Å². The number of aromatic nitrogens is 2. The highest BCUT2D eigenvalue weighted by molar-refractivity contribution is 6.05. The van der Waals surface area contributed by atoms with E-state index in [-0.39, 0.29) is 5.56 Å². The molecule has 0 bridgehead atoms. The van der Waals surface area contributed by atoms with Crippen LogP contribution in [-0.2, 0) is 6.18 Å². The van der Waals surface area contributed by atoms with E-state index in [0.29, 0.717) is 28.1 Å². The van der Waals surface area contributed by atoms with Gasteiger partial charge in [0.1, 0.15) is 5.82 Å². The van der Waals surface area contributed by atoms with E-state index in [0.717, 1.165) is 12.1 Å². The molecular weight excluding hydrogens is 407 g/mol. The Labute approximate surface area is 174 Å². The van der Waals surface area contributed by atoms with Crippen molar-refractivity contribution in [3.63, 3.8) is 0 Å². The minimum Gasteiger partial charge on any atom is -0.322 e. The number of nitrogens with one attached hydrogen (secondary N) is 1. The molecular formula is C23H16F3N3O2. The molecule has 0 fully saturated rings. The lowest BCUT2D eigenvalue weighted by Crippen LogP contribution is -2.22. The van der Waals surface area contributed by atoms with E-state index in [1.165, 1.54) is 28.8 Å². The van der Waals surface area contributed by atoms with Gasteiger partial charge in [0.2, 0.25) is 0 Å². The first-order valence-corrected chi connectivity index (χ1v) is 9.32. The Kier molecular flexibility index (Phi) is 5.06. The zero-order chi connectivity index (χ0) is 22.2. The number of halogens is 3. The van der Waals surface area contributed by atoms with E-state index < -0.39 is 23.2 Å². The summed E-state index contributed by atoms with van der Waals surface area (Å²) in [6.07, 6.45) is -4.64. The second kappa shape index (κ2) is 7.71. The van der Waals surface area contributed by atoms with Crippen molar-refractivity contribution < 1.29 is 18.0 Å². The van der Waals surface area contributed by atoms with Crippen LogP contribution in [0.1, 0.15) is 21.7 Å². The average Bonchev–Trinajstić information content (AvgIpc) is 2.74. The zero-order valence-electron chi connectivity index (χ0n) is 16.3. The Morgan fingerprint density at radius 1 is 0.935 bits per heavy atom. The zero-order valence-corrected chi connectivity index (χ0v) is 16.3. The van der Waals surface area contributed by atoms with Crippen LogP contribution >= 0.6 is 0 Å². The molecule has 0 atom stereocenters. The number of carbonyl (C=O) groups is 1. The third kappa shape index (κ3) is 3.92. The molecule has 0 aliphatic rings. The predicted octanol–water partition coefficient (Wildman–Crippen LogP) is 4.97. The van der Waals surface area contributed by atoms with Crippen molar-refractivity contribution in [1.29, 1.82) is 0 Å². The van der Waals surface area contributed by atoms with Gasteiger partial charge in [-0.1, -0.05) is 24.3 Å². The first kappa shape index (κ1) is 20.3. The number of carbonyl (C=O) groups excluding carboxylic acids is 1. The van der Waals surface area contributed by atoms with Gasteiger partial charge in [0.25, 0.3) is 11.5 Å². The summed E-state index contributed by atoms with van der Waals surface area (Å²) < 4.78 is 40.9. The van der Waals surface area contributed by atoms with Gasteiger partial charge in [-0.2, -0.15) is 13.2 Å². The summed E-state index contributed by atoms with van der Waals surface area (Å²) in [6.45, 7) is 1.71. The fourth-order valence-electron chi connectivity index (χ4n) is 3.37. The Morgan fingerprint density at radius 3 is 2.29 bits per heavy atom. The number of hydrogen-bond donors (Lipinski definition) is 1. The van der Waals surface area contributed by atoms with E-state index in [9.17, 15) is 22.8 Å². The number of hydrogen-bond acceptors (Lipinski definition) is 3. The van der Waals surface area contributed by atoms with E-state index >= 15 is 0 Å². The molecule has 0 saturated carbocycles. The van der Waals surface area contributed by atoms with Crippen LogP contribution in [0.15, 0.2) is 77.6 Å². The van der Waals surface area contributed by atoms with E-state index in [1.807, 2.05) is 0 Å². The van der Waals surface area contributed by atoms with Crippen LogP contribution in [0.25, 0.3) is 16.6 Å². The lowest BCUT2D eigenvalue weighted by Gasteiger charge is -2.14. The average molecular weight is 423 g/mol. The van der Waals surface area contributed by atoms with Gasteiger partial charge in [-0.3, -0.25) is 14.2 Å². The maximum absolute atomic E-state index is 13.2. The van der Waals surface area contributed by atoms with Crippen molar-refractivity contribution in [1.82, 2.24) is 9.55 Å². The topological polar surface area (TPSA) is 64.0 Å². The number of alkyl halides is 3. The third-order valence-corrected chi connectivity index (χ3v) is 4.80. The molecule has 1 heterocycles. The number of para-hydroxylation sites is 1. The van der Waals surface area contributed by atoms with Crippen molar-refractivity contribution in [2.75, 3.05) is 5.32 Å². The number of nitrogens with zero attached hydrogens (tertiary/aromatic N) is 2. The molecule has 0 aliphatic carbocycles. The largest absolute Gasteiger partial charge is 0.417 e. The highest BCUT2D eigenvalue weighted by Crippen LogP contribution is 2.32. The Balaban J connectivity index is 1.64. The number of anilines is 1. The lowest BCUT2D eigenvalue weighted by atomic mass is 10.1. The van der Waals surface area contributed by atoms with Gasteiger partial charge in [0, 0.05) is 5.69 Å². The Morgan fingerprint density at radius 2 is 1.58 bits per heavy atom. The smallest absolute Gasteiger partial charge is 0.322 e. The standard InChI is InChI=1S/C23H16F3N3O2/c1-14-27-20-9-5-3-7-18(20)22(31)29(14)16-12-10-15(11-13-16)28-21(30)17-6-2-4-8-19(17)23(24,25)26/h2-13H,1H3,(H,28,30). The molecule has 0 saturated heterocycles. The van der Waals surface area contributed by atoms with Crippen LogP contribution in [0.2, 0.25) is 0 Å². The molecule has 0 aliphatic heterocycles. The van der Waals surface area contributed by atoms with Crippen LogP contribution in [0.3, 0.4) is 0 Å². The van der Waals surface area contributed by atoms with E-state index in [2.05, 4.69) is 10.3 Å². The Bertz CT molecular complexity index is 1340. The minimum absolute atomic E-state index is 0.237. The molecule has 1 amide bonds. The van der Waals surface area contributed by atoms with Crippen LogP contribution in [0.5, 0.6) is 0 Å². The molecule has 156 valence electrons. The minimum atomic E-state index is -4.64. The summed E-state index contributed by atoms with van der Waals surface area (Å²) in [7, 11) is 0. The van der Waals surface area contributed by atoms with Crippen molar-refractivity contribution in [2.45, 2.75) is 13.1 Å². The summed E-state index contributed by atoms with van der Waals surface area (Å²) in [5, 5.41) is 2.93. The van der Waals surface area contributed by atoms with Gasteiger partial charge < -0.3 is 5.32 Å². The molecule has 1 aromatic heterocycles. The highest BCUT2D eigenvalue weighted by Gasteiger charge is 2.34. The normalized spacial score (nSPS) is 11.5. The van der Waals surface area contributed by atoms with Gasteiger partial charge in [0.15, 0.2) is 0 Å². The van der Waals surface area contributed by atoms with Gasteiger partial charge in [-0.25, -0.2) is 4.98 Å². The summed E-state index contributed by atoms with van der Waals surface area (Å²) in [6, 6.07) is 17.8. The number of rotatable bonds is 3. The number of amides is 1. The predicted molar refractivity (Wildman–Crippen MR) is 111 cm³/mol. The van der Waals surface area contributed by atoms with Crippen LogP contribution in [0, 0.1) is 6.92 Å². The Hall–Kier alpha value is -3.94. The first-order valence-electron chi connectivity index (χ1n) is 9.32. The van der Waals surface area contributed by atoms with Gasteiger partial charge in [-0.05, 0) is 55.5 Å². The van der Waals surface area contributed by atoms with E-state index in [1.54, 1.807) is 43.3 Å². The molecule has 4 aromatic rings. The summed E-state index contributed by atoms with van der Waals surface area (Å²) in [5.41, 5.74) is -0.300. The molecule has 5 nitrogen and oxygen atoms in total. The fraction of sp³-hybridized carbons (Fsp3) is 0.0870. The quantitative estimate of drug-likeness (QED) is 0.506. The second-order valence-corrected chi connectivity index (χ2v) is 6.86. The molecule has 4 rings (SSSR count). The molecule has 8 heteroatoms. The first-order chi connectivity index (χ1) is 14.8. The highest BCUT2D eigenvalue weighted by atomic mass is 19.4. The molecule has 0 radical (unpaired) electrons. The SMILES string of the molecule is Cc1nc2ccccc2c(=O)n1-c1ccc(NC(=O)c2ccccc2C(F)(F)F)cc1. The van der Waals surface area contributed by atoms with Gasteiger partial charge in [0.05, 0.1) is 27.7 Å². The van der Waals surface area contributed by atoms with Crippen LogP contribution in [0.4, 0.5) is 18.9 Å². The molecule has 1 N–H and O–H groups in total. The molecule has 0 spiro atoms. The summed E-state index contributed by atoms with van der Waals surface area (Å²) >= 11 is 0. The lowest BCUT2D eigenvalue weighted by molar-refractivity contribution is -0.137. The van der Waals surface area contributed by atoms with Crippen molar-refractivity contribution >= 4 is 22.5 Å².